The molecule has 0 N–H and O–H groups in total. The average Bonchev–Trinajstić information content (AvgIpc) is 2.60. The van der Waals surface area contributed by atoms with Gasteiger partial charge >= 0.3 is 0 Å². The minimum Gasteiger partial charge on any atom is -0.299 e. The highest BCUT2D eigenvalue weighted by atomic mass is 16.1. The lowest BCUT2D eigenvalue weighted by Crippen LogP contribution is -2.10. The molecule has 0 spiro atoms. The molecule has 0 bridgehead atoms. The number of nitrogens with zero attached hydrogens (tertiary/aromatic N) is 1. The van der Waals surface area contributed by atoms with Gasteiger partial charge in [0.25, 0.3) is 0 Å². The number of rotatable bonds is 4. The highest BCUT2D eigenvalue weighted by Crippen LogP contribution is 2.24. The van der Waals surface area contributed by atoms with Gasteiger partial charge in [-0.1, -0.05) is 44.2 Å². The average molecular weight is 337 g/mol. The number of hydrogen-bond acceptors (Lipinski definition) is 3. The van der Waals surface area contributed by atoms with Crippen molar-refractivity contribution in [3.63, 3.8) is 0 Å². The topological polar surface area (TPSA) is 46.5 Å². The van der Waals surface area contributed by atoms with Crippen LogP contribution in [-0.4, -0.2) is 17.3 Å². The molecule has 25 heavy (non-hydrogen) atoms. The van der Waals surface area contributed by atoms with Crippen LogP contribution in [0, 0.1) is 12.8 Å². The molecule has 3 nitrogen and oxygen atoms in total. The van der Waals surface area contributed by atoms with E-state index in [1.807, 2.05) is 18.2 Å². The molecule has 0 saturated heterocycles. The number of aliphatic imine (C=N–C) groups is 1. The molecular formula is C22H27NO2. The standard InChI is InChI=1S/C22H27NO2/c1-15(2)21(23-20-11-6-5-8-16(20)3)13-18-9-7-10-19(24)12-17(4)22(25)14-18/h5-6,8,11,14-15H,4,7,9-10,12-13H2,1-3H3/b18-14-,23-21?. The maximum Gasteiger partial charge on any atom is 0.181 e. The second kappa shape index (κ2) is 8.70. The second-order valence-corrected chi connectivity index (χ2v) is 7.06. The van der Waals surface area contributed by atoms with Crippen molar-refractivity contribution in [1.29, 1.82) is 0 Å². The predicted molar refractivity (Wildman–Crippen MR) is 103 cm³/mol. The minimum absolute atomic E-state index is 0.102. The molecule has 0 amide bonds. The Morgan fingerprint density at radius 3 is 2.60 bits per heavy atom. The van der Waals surface area contributed by atoms with Crippen LogP contribution in [0.1, 0.15) is 51.5 Å². The summed E-state index contributed by atoms with van der Waals surface area (Å²) < 4.78 is 0. The summed E-state index contributed by atoms with van der Waals surface area (Å²) >= 11 is 0. The Hall–Kier alpha value is -2.29. The van der Waals surface area contributed by atoms with Crippen LogP contribution >= 0.6 is 0 Å². The molecule has 1 aliphatic carbocycles. The van der Waals surface area contributed by atoms with Crippen molar-refractivity contribution in [3.8, 4) is 0 Å². The van der Waals surface area contributed by atoms with Crippen LogP contribution in [-0.2, 0) is 9.59 Å². The number of benzene rings is 1. The summed E-state index contributed by atoms with van der Waals surface area (Å²) in [5, 5.41) is 0. The van der Waals surface area contributed by atoms with Crippen molar-refractivity contribution < 1.29 is 9.59 Å². The van der Waals surface area contributed by atoms with Gasteiger partial charge < -0.3 is 0 Å². The lowest BCUT2D eigenvalue weighted by Gasteiger charge is -2.14. The molecule has 1 aliphatic rings. The molecule has 0 aromatic heterocycles. The van der Waals surface area contributed by atoms with Gasteiger partial charge in [-0.15, -0.1) is 0 Å². The van der Waals surface area contributed by atoms with Gasteiger partial charge in [0.1, 0.15) is 5.78 Å². The molecule has 0 heterocycles. The summed E-state index contributed by atoms with van der Waals surface area (Å²) in [5.74, 6) is 0.267. The highest BCUT2D eigenvalue weighted by molar-refractivity contribution is 6.07. The van der Waals surface area contributed by atoms with Crippen molar-refractivity contribution in [2.45, 2.75) is 52.9 Å². The van der Waals surface area contributed by atoms with Gasteiger partial charge in [-0.3, -0.25) is 14.6 Å². The number of aryl methyl sites for hydroxylation is 1. The maximum atomic E-state index is 12.3. The molecule has 1 aromatic rings. The van der Waals surface area contributed by atoms with Gasteiger partial charge in [0.05, 0.1) is 5.69 Å². The summed E-state index contributed by atoms with van der Waals surface area (Å²) in [5.41, 5.74) is 4.61. The number of carbonyl (C=O) groups is 2. The van der Waals surface area contributed by atoms with E-state index in [1.165, 1.54) is 0 Å². The Morgan fingerprint density at radius 1 is 1.20 bits per heavy atom. The Labute approximate surface area is 150 Å². The van der Waals surface area contributed by atoms with E-state index < -0.39 is 0 Å². The molecule has 3 heteroatoms. The Morgan fingerprint density at radius 2 is 1.92 bits per heavy atom. The Kier molecular flexibility index (Phi) is 6.63. The van der Waals surface area contributed by atoms with Crippen LogP contribution in [0.4, 0.5) is 5.69 Å². The van der Waals surface area contributed by atoms with Crippen LogP contribution < -0.4 is 0 Å². The summed E-state index contributed by atoms with van der Waals surface area (Å²) in [7, 11) is 0. The SMILES string of the molecule is C=C1CC(=O)CCC/C(CC(=Nc2ccccc2C)C(C)C)=C/C1=O. The number of carbonyl (C=O) groups excluding carboxylic acids is 2. The second-order valence-electron chi connectivity index (χ2n) is 7.06. The molecule has 0 atom stereocenters. The van der Waals surface area contributed by atoms with Gasteiger partial charge in [-0.25, -0.2) is 0 Å². The van der Waals surface area contributed by atoms with Crippen molar-refractivity contribution in [2.24, 2.45) is 10.9 Å². The van der Waals surface area contributed by atoms with E-state index in [0.29, 0.717) is 18.4 Å². The third kappa shape index (κ3) is 5.63. The molecular weight excluding hydrogens is 310 g/mol. The molecule has 132 valence electrons. The van der Waals surface area contributed by atoms with Gasteiger partial charge in [-0.05, 0) is 49.0 Å². The first kappa shape index (κ1) is 19.0. The fourth-order valence-electron chi connectivity index (χ4n) is 2.87. The summed E-state index contributed by atoms with van der Waals surface area (Å²) in [6, 6.07) is 8.06. The molecule has 2 rings (SSSR count). The molecule has 0 fully saturated rings. The van der Waals surface area contributed by atoms with Crippen LogP contribution in [0.3, 0.4) is 0 Å². The molecule has 0 aliphatic heterocycles. The number of ketones is 2. The van der Waals surface area contributed by atoms with Crippen LogP contribution in [0.25, 0.3) is 0 Å². The molecule has 0 radical (unpaired) electrons. The zero-order valence-electron chi connectivity index (χ0n) is 15.5. The molecule has 0 unspecified atom stereocenters. The van der Waals surface area contributed by atoms with E-state index in [4.69, 9.17) is 4.99 Å². The lowest BCUT2D eigenvalue weighted by molar-refractivity contribution is -0.120. The van der Waals surface area contributed by atoms with Gasteiger partial charge in [0.15, 0.2) is 5.78 Å². The minimum atomic E-state index is -0.121. The fourth-order valence-corrected chi connectivity index (χ4v) is 2.87. The maximum absolute atomic E-state index is 12.3. The number of Topliss-reactive ketones (excluding diaryl/α,β-unsaturated/α-hetero) is 1. The fraction of sp³-hybridized carbons (Fsp3) is 0.409. The first-order valence-corrected chi connectivity index (χ1v) is 8.93. The number of allylic oxidation sites excluding steroid dienone is 3. The number of hydrogen-bond donors (Lipinski definition) is 0. The van der Waals surface area contributed by atoms with Crippen LogP contribution in [0.2, 0.25) is 0 Å². The van der Waals surface area contributed by atoms with E-state index >= 15 is 0 Å². The first-order valence-electron chi connectivity index (χ1n) is 8.93. The third-order valence-electron chi connectivity index (χ3n) is 4.50. The zero-order chi connectivity index (χ0) is 18.4. The summed E-state index contributed by atoms with van der Waals surface area (Å²) in [6.45, 7) is 10.1. The summed E-state index contributed by atoms with van der Waals surface area (Å²) in [6.07, 6.45) is 4.56. The highest BCUT2D eigenvalue weighted by Gasteiger charge is 2.16. The number of para-hydroxylation sites is 1. The smallest absolute Gasteiger partial charge is 0.181 e. The van der Waals surface area contributed by atoms with E-state index in [9.17, 15) is 9.59 Å². The van der Waals surface area contributed by atoms with E-state index in [2.05, 4.69) is 33.4 Å². The monoisotopic (exact) mass is 337 g/mol. The van der Waals surface area contributed by atoms with E-state index in [1.54, 1.807) is 6.08 Å². The molecule has 1 aromatic carbocycles. The van der Waals surface area contributed by atoms with Crippen LogP contribution in [0.5, 0.6) is 0 Å². The van der Waals surface area contributed by atoms with Crippen molar-refractivity contribution >= 4 is 23.0 Å². The quantitative estimate of drug-likeness (QED) is 0.552. The first-order chi connectivity index (χ1) is 11.9. The molecule has 0 saturated carbocycles. The Balaban J connectivity index is 2.28. The zero-order valence-corrected chi connectivity index (χ0v) is 15.5. The summed E-state index contributed by atoms with van der Waals surface area (Å²) in [4.78, 5) is 28.9. The van der Waals surface area contributed by atoms with Gasteiger partial charge in [0.2, 0.25) is 0 Å². The van der Waals surface area contributed by atoms with E-state index in [-0.39, 0.29) is 23.9 Å². The lowest BCUT2D eigenvalue weighted by atomic mass is 9.95. The van der Waals surface area contributed by atoms with Crippen LogP contribution in [0.15, 0.2) is 53.1 Å². The largest absolute Gasteiger partial charge is 0.299 e. The van der Waals surface area contributed by atoms with Crippen molar-refractivity contribution in [1.82, 2.24) is 0 Å². The Bertz CT molecular complexity index is 738. The van der Waals surface area contributed by atoms with E-state index in [0.717, 1.165) is 35.4 Å². The third-order valence-corrected chi connectivity index (χ3v) is 4.50. The van der Waals surface area contributed by atoms with Crippen molar-refractivity contribution in [3.05, 3.63) is 53.6 Å². The van der Waals surface area contributed by atoms with Gasteiger partial charge in [-0.2, -0.15) is 0 Å². The van der Waals surface area contributed by atoms with Crippen molar-refractivity contribution in [2.75, 3.05) is 0 Å². The predicted octanol–water partition coefficient (Wildman–Crippen LogP) is 5.31. The van der Waals surface area contributed by atoms with Gasteiger partial charge in [0, 0.05) is 25.0 Å². The normalized spacial score (nSPS) is 19.3.